The Kier molecular flexibility index (Phi) is 1.72. The second-order valence-corrected chi connectivity index (χ2v) is 4.27. The third-order valence-corrected chi connectivity index (χ3v) is 3.08. The van der Waals surface area contributed by atoms with Gasteiger partial charge in [-0.1, -0.05) is 17.4 Å². The maximum Gasteiger partial charge on any atom is 0.181 e. The highest BCUT2D eigenvalue weighted by Crippen LogP contribution is 2.27. The summed E-state index contributed by atoms with van der Waals surface area (Å²) in [4.78, 5) is 4.25. The highest BCUT2D eigenvalue weighted by Gasteiger charge is 2.04. The van der Waals surface area contributed by atoms with Crippen LogP contribution in [0.15, 0.2) is 30.5 Å². The Morgan fingerprint density at radius 3 is 3.00 bits per heavy atom. The van der Waals surface area contributed by atoms with Gasteiger partial charge in [-0.05, 0) is 18.2 Å². The van der Waals surface area contributed by atoms with E-state index in [0.29, 0.717) is 5.13 Å². The van der Waals surface area contributed by atoms with Crippen LogP contribution in [0.25, 0.3) is 21.5 Å². The molecule has 0 radical (unpaired) electrons. The van der Waals surface area contributed by atoms with Crippen LogP contribution in [0.1, 0.15) is 0 Å². The largest absolute Gasteiger partial charge is 0.375 e. The molecule has 0 bridgehead atoms. The molecule has 3 aromatic rings. The summed E-state index contributed by atoms with van der Waals surface area (Å²) in [5, 5.41) is 7.44. The van der Waals surface area contributed by atoms with Gasteiger partial charge in [0.15, 0.2) is 5.13 Å². The van der Waals surface area contributed by atoms with Gasteiger partial charge in [0.25, 0.3) is 0 Å². The van der Waals surface area contributed by atoms with Gasteiger partial charge >= 0.3 is 0 Å². The highest BCUT2D eigenvalue weighted by molar-refractivity contribution is 7.22. The molecule has 3 rings (SSSR count). The number of fused-ring (bicyclic) bond motifs is 1. The van der Waals surface area contributed by atoms with E-state index in [1.165, 1.54) is 11.3 Å². The van der Waals surface area contributed by atoms with E-state index in [4.69, 9.17) is 5.73 Å². The summed E-state index contributed by atoms with van der Waals surface area (Å²) in [6.07, 6.45) is 1.73. The van der Waals surface area contributed by atoms with E-state index in [1.54, 1.807) is 6.20 Å². The van der Waals surface area contributed by atoms with Crippen LogP contribution in [0.4, 0.5) is 5.13 Å². The molecule has 74 valence electrons. The van der Waals surface area contributed by atoms with Crippen LogP contribution in [0.3, 0.4) is 0 Å². The van der Waals surface area contributed by atoms with E-state index >= 15 is 0 Å². The zero-order valence-electron chi connectivity index (χ0n) is 7.77. The molecule has 0 amide bonds. The number of nitrogens with zero attached hydrogens (tertiary/aromatic N) is 2. The number of hydrogen-bond donors (Lipinski definition) is 2. The lowest BCUT2D eigenvalue weighted by Crippen LogP contribution is -1.80. The molecule has 0 unspecified atom stereocenters. The van der Waals surface area contributed by atoms with Crippen molar-refractivity contribution in [3.63, 3.8) is 0 Å². The number of benzene rings is 1. The number of nitrogens with two attached hydrogens (primary N) is 1. The standard InChI is InChI=1S/C10H8N4S/c11-10-13-8-5-6(1-2-9(8)15-10)7-3-4-12-14-7/h1-5H,(H2,11,13)(H,12,14). The Labute approximate surface area is 89.8 Å². The molecule has 15 heavy (non-hydrogen) atoms. The van der Waals surface area contributed by atoms with Crippen molar-refractivity contribution in [3.05, 3.63) is 30.5 Å². The predicted octanol–water partition coefficient (Wildman–Crippen LogP) is 2.27. The van der Waals surface area contributed by atoms with Crippen LogP contribution in [0.2, 0.25) is 0 Å². The fraction of sp³-hybridized carbons (Fsp3) is 0. The zero-order chi connectivity index (χ0) is 10.3. The first kappa shape index (κ1) is 8.43. The van der Waals surface area contributed by atoms with Gasteiger partial charge in [-0.15, -0.1) is 0 Å². The van der Waals surface area contributed by atoms with Gasteiger partial charge in [0, 0.05) is 11.8 Å². The molecule has 0 fully saturated rings. The summed E-state index contributed by atoms with van der Waals surface area (Å²) in [5.74, 6) is 0. The summed E-state index contributed by atoms with van der Waals surface area (Å²) in [7, 11) is 0. The molecule has 1 aromatic carbocycles. The van der Waals surface area contributed by atoms with E-state index in [9.17, 15) is 0 Å². The number of thiazole rings is 1. The average molecular weight is 216 g/mol. The third-order valence-electron chi connectivity index (χ3n) is 2.22. The molecule has 0 spiro atoms. The summed E-state index contributed by atoms with van der Waals surface area (Å²) >= 11 is 1.50. The Bertz CT molecular complexity index is 597. The molecular formula is C10H8N4S. The molecular weight excluding hydrogens is 208 g/mol. The van der Waals surface area contributed by atoms with Gasteiger partial charge in [0.05, 0.1) is 15.9 Å². The number of nitrogens with one attached hydrogen (secondary N) is 1. The Morgan fingerprint density at radius 1 is 1.27 bits per heavy atom. The summed E-state index contributed by atoms with van der Waals surface area (Å²) in [6, 6.07) is 8.00. The van der Waals surface area contributed by atoms with Crippen molar-refractivity contribution in [3.8, 4) is 11.3 Å². The van der Waals surface area contributed by atoms with Gasteiger partial charge in [0.2, 0.25) is 0 Å². The normalized spacial score (nSPS) is 10.9. The zero-order valence-corrected chi connectivity index (χ0v) is 8.58. The first-order chi connectivity index (χ1) is 7.33. The minimum Gasteiger partial charge on any atom is -0.375 e. The maximum atomic E-state index is 5.65. The van der Waals surface area contributed by atoms with Gasteiger partial charge in [-0.2, -0.15) is 5.10 Å². The molecule has 5 heteroatoms. The predicted molar refractivity (Wildman–Crippen MR) is 61.6 cm³/mol. The van der Waals surface area contributed by atoms with Crippen molar-refractivity contribution in [2.24, 2.45) is 0 Å². The molecule has 0 saturated carbocycles. The van der Waals surface area contributed by atoms with Crippen LogP contribution < -0.4 is 5.73 Å². The first-order valence-electron chi connectivity index (χ1n) is 4.49. The topological polar surface area (TPSA) is 67.6 Å². The van der Waals surface area contributed by atoms with Gasteiger partial charge in [-0.25, -0.2) is 4.98 Å². The Balaban J connectivity index is 2.21. The molecule has 0 aliphatic heterocycles. The lowest BCUT2D eigenvalue weighted by molar-refractivity contribution is 1.10. The van der Waals surface area contributed by atoms with Crippen molar-refractivity contribution in [2.45, 2.75) is 0 Å². The second kappa shape index (κ2) is 3.06. The minimum absolute atomic E-state index is 0.603. The van der Waals surface area contributed by atoms with Gasteiger partial charge < -0.3 is 5.73 Å². The van der Waals surface area contributed by atoms with E-state index in [0.717, 1.165) is 21.5 Å². The minimum atomic E-state index is 0.603. The number of H-pyrrole nitrogens is 1. The average Bonchev–Trinajstić information content (AvgIpc) is 2.82. The van der Waals surface area contributed by atoms with Crippen molar-refractivity contribution in [1.82, 2.24) is 15.2 Å². The van der Waals surface area contributed by atoms with E-state index in [1.807, 2.05) is 24.3 Å². The number of hydrogen-bond acceptors (Lipinski definition) is 4. The molecule has 0 aliphatic carbocycles. The second-order valence-electron chi connectivity index (χ2n) is 3.20. The molecule has 4 nitrogen and oxygen atoms in total. The fourth-order valence-corrected chi connectivity index (χ4v) is 2.24. The number of anilines is 1. The highest BCUT2D eigenvalue weighted by atomic mass is 32.1. The van der Waals surface area contributed by atoms with Crippen molar-refractivity contribution in [1.29, 1.82) is 0 Å². The number of nitrogen functional groups attached to an aromatic ring is 1. The smallest absolute Gasteiger partial charge is 0.181 e. The Hall–Kier alpha value is -1.88. The first-order valence-corrected chi connectivity index (χ1v) is 5.30. The number of aromatic amines is 1. The summed E-state index contributed by atoms with van der Waals surface area (Å²) in [5.41, 5.74) is 8.65. The quantitative estimate of drug-likeness (QED) is 0.655. The summed E-state index contributed by atoms with van der Waals surface area (Å²) < 4.78 is 1.11. The molecule has 2 heterocycles. The molecule has 0 aliphatic rings. The van der Waals surface area contributed by atoms with Gasteiger partial charge in [0.1, 0.15) is 0 Å². The molecule has 0 saturated heterocycles. The van der Waals surface area contributed by atoms with Crippen molar-refractivity contribution >= 4 is 26.7 Å². The number of aromatic nitrogens is 3. The molecule has 2 aromatic heterocycles. The van der Waals surface area contributed by atoms with E-state index in [2.05, 4.69) is 15.2 Å². The van der Waals surface area contributed by atoms with E-state index < -0.39 is 0 Å². The molecule has 0 atom stereocenters. The molecule has 3 N–H and O–H groups in total. The van der Waals surface area contributed by atoms with Gasteiger partial charge in [-0.3, -0.25) is 5.10 Å². The maximum absolute atomic E-state index is 5.65. The van der Waals surface area contributed by atoms with Crippen molar-refractivity contribution in [2.75, 3.05) is 5.73 Å². The van der Waals surface area contributed by atoms with Crippen LogP contribution in [-0.2, 0) is 0 Å². The van der Waals surface area contributed by atoms with E-state index in [-0.39, 0.29) is 0 Å². The monoisotopic (exact) mass is 216 g/mol. The third kappa shape index (κ3) is 1.37. The number of rotatable bonds is 1. The van der Waals surface area contributed by atoms with Crippen LogP contribution in [-0.4, -0.2) is 15.2 Å². The van der Waals surface area contributed by atoms with Crippen LogP contribution >= 0.6 is 11.3 Å². The Morgan fingerprint density at radius 2 is 2.20 bits per heavy atom. The fourth-order valence-electron chi connectivity index (χ4n) is 1.53. The SMILES string of the molecule is Nc1nc2cc(-c3ccn[nH]3)ccc2s1. The van der Waals surface area contributed by atoms with Crippen LogP contribution in [0, 0.1) is 0 Å². The van der Waals surface area contributed by atoms with Crippen molar-refractivity contribution < 1.29 is 0 Å². The summed E-state index contributed by atoms with van der Waals surface area (Å²) in [6.45, 7) is 0. The lowest BCUT2D eigenvalue weighted by Gasteiger charge is -1.95. The van der Waals surface area contributed by atoms with Crippen LogP contribution in [0.5, 0.6) is 0 Å². The lowest BCUT2D eigenvalue weighted by atomic mass is 10.1.